The third-order valence-electron chi connectivity index (χ3n) is 4.78. The van der Waals surface area contributed by atoms with Crippen LogP contribution in [0.25, 0.3) is 0 Å². The minimum Gasteiger partial charge on any atom is -0.338 e. The predicted octanol–water partition coefficient (Wildman–Crippen LogP) is 2.56. The summed E-state index contributed by atoms with van der Waals surface area (Å²) in [5.41, 5.74) is 0. The number of carbonyl (C=O) groups excluding carboxylic acids is 1. The van der Waals surface area contributed by atoms with E-state index in [1.165, 1.54) is 38.5 Å². The molecule has 104 valence electrons. The van der Waals surface area contributed by atoms with E-state index in [2.05, 4.69) is 24.1 Å². The molecule has 1 aliphatic heterocycles. The Morgan fingerprint density at radius 3 is 2.78 bits per heavy atom. The van der Waals surface area contributed by atoms with Gasteiger partial charge in [0.2, 0.25) is 5.91 Å². The van der Waals surface area contributed by atoms with Gasteiger partial charge >= 0.3 is 0 Å². The number of piperidine rings is 1. The van der Waals surface area contributed by atoms with Crippen molar-refractivity contribution in [1.82, 2.24) is 10.2 Å². The van der Waals surface area contributed by atoms with Crippen molar-refractivity contribution in [3.8, 4) is 0 Å². The Bertz CT molecular complexity index is 278. The molecule has 0 aromatic heterocycles. The van der Waals surface area contributed by atoms with Gasteiger partial charge in [-0.1, -0.05) is 19.8 Å². The van der Waals surface area contributed by atoms with Crippen LogP contribution in [-0.2, 0) is 4.79 Å². The number of nitrogens with one attached hydrogen (secondary N) is 1. The molecule has 0 spiro atoms. The van der Waals surface area contributed by atoms with Crippen molar-refractivity contribution < 1.29 is 4.79 Å². The van der Waals surface area contributed by atoms with Gasteiger partial charge in [-0.05, 0) is 44.9 Å². The van der Waals surface area contributed by atoms with Crippen LogP contribution in [0, 0.1) is 5.92 Å². The summed E-state index contributed by atoms with van der Waals surface area (Å²) in [7, 11) is 0. The van der Waals surface area contributed by atoms with Crippen LogP contribution in [0.15, 0.2) is 0 Å². The first-order chi connectivity index (χ1) is 8.72. The quantitative estimate of drug-likeness (QED) is 0.834. The Morgan fingerprint density at radius 1 is 1.28 bits per heavy atom. The standard InChI is InChI=1S/C15H28N2O/c1-3-12(2)16-11-15(18)17-10-6-8-13-7-4-5-9-14(13)17/h12-14,16H,3-11H2,1-2H3. The van der Waals surface area contributed by atoms with Crippen LogP contribution < -0.4 is 5.32 Å². The van der Waals surface area contributed by atoms with E-state index in [0.29, 0.717) is 24.5 Å². The first kappa shape index (κ1) is 13.9. The molecular formula is C15H28N2O. The lowest BCUT2D eigenvalue weighted by atomic mass is 9.78. The maximum Gasteiger partial charge on any atom is 0.236 e. The largest absolute Gasteiger partial charge is 0.338 e. The van der Waals surface area contributed by atoms with E-state index in [9.17, 15) is 4.79 Å². The molecule has 2 rings (SSSR count). The van der Waals surface area contributed by atoms with Crippen molar-refractivity contribution >= 4 is 5.91 Å². The summed E-state index contributed by atoms with van der Waals surface area (Å²) in [5, 5.41) is 3.33. The predicted molar refractivity (Wildman–Crippen MR) is 74.4 cm³/mol. The van der Waals surface area contributed by atoms with Crippen molar-refractivity contribution in [2.75, 3.05) is 13.1 Å². The number of carbonyl (C=O) groups is 1. The fourth-order valence-corrected chi connectivity index (χ4v) is 3.44. The average molecular weight is 252 g/mol. The lowest BCUT2D eigenvalue weighted by Crippen LogP contribution is -2.52. The highest BCUT2D eigenvalue weighted by Crippen LogP contribution is 2.35. The molecule has 0 aromatic rings. The maximum atomic E-state index is 12.3. The Kier molecular flexibility index (Phi) is 5.04. The minimum absolute atomic E-state index is 0.326. The molecule has 1 heterocycles. The molecule has 1 aliphatic carbocycles. The molecule has 1 amide bonds. The molecule has 3 heteroatoms. The molecule has 2 fully saturated rings. The highest BCUT2D eigenvalue weighted by Gasteiger charge is 2.35. The van der Waals surface area contributed by atoms with Crippen LogP contribution in [0.3, 0.4) is 0 Å². The van der Waals surface area contributed by atoms with Crippen LogP contribution in [0.1, 0.15) is 58.8 Å². The number of hydrogen-bond acceptors (Lipinski definition) is 2. The van der Waals surface area contributed by atoms with Crippen LogP contribution >= 0.6 is 0 Å². The van der Waals surface area contributed by atoms with E-state index in [1.807, 2.05) is 0 Å². The fraction of sp³-hybridized carbons (Fsp3) is 0.933. The Balaban J connectivity index is 1.87. The van der Waals surface area contributed by atoms with Crippen molar-refractivity contribution in [3.63, 3.8) is 0 Å². The van der Waals surface area contributed by atoms with Crippen LogP contribution in [0.5, 0.6) is 0 Å². The summed E-state index contributed by atoms with van der Waals surface area (Å²) in [5.74, 6) is 1.12. The molecule has 2 aliphatic rings. The number of amides is 1. The van der Waals surface area contributed by atoms with Gasteiger partial charge in [0.25, 0.3) is 0 Å². The second-order valence-electron chi connectivity index (χ2n) is 6.03. The summed E-state index contributed by atoms with van der Waals surface area (Å²) in [6.07, 6.45) is 8.88. The summed E-state index contributed by atoms with van der Waals surface area (Å²) in [6, 6.07) is 1.000. The van der Waals surface area contributed by atoms with Crippen molar-refractivity contribution in [1.29, 1.82) is 0 Å². The molecule has 0 aromatic carbocycles. The number of fused-ring (bicyclic) bond motifs is 1. The first-order valence-corrected chi connectivity index (χ1v) is 7.75. The van der Waals surface area contributed by atoms with Crippen LogP contribution in [0.2, 0.25) is 0 Å². The maximum absolute atomic E-state index is 12.3. The number of hydrogen-bond donors (Lipinski definition) is 1. The molecule has 3 unspecified atom stereocenters. The van der Waals surface area contributed by atoms with Crippen molar-refractivity contribution in [2.45, 2.75) is 70.9 Å². The molecule has 1 saturated carbocycles. The highest BCUT2D eigenvalue weighted by molar-refractivity contribution is 5.78. The third-order valence-corrected chi connectivity index (χ3v) is 4.78. The Hall–Kier alpha value is -0.570. The molecule has 1 N–H and O–H groups in total. The monoisotopic (exact) mass is 252 g/mol. The number of likely N-dealkylation sites (tertiary alicyclic amines) is 1. The van der Waals surface area contributed by atoms with E-state index < -0.39 is 0 Å². The SMILES string of the molecule is CCC(C)NCC(=O)N1CCCC2CCCCC21. The van der Waals surface area contributed by atoms with Gasteiger partial charge in [-0.2, -0.15) is 0 Å². The van der Waals surface area contributed by atoms with Crippen LogP contribution in [-0.4, -0.2) is 36.0 Å². The molecule has 0 bridgehead atoms. The van der Waals surface area contributed by atoms with Crippen molar-refractivity contribution in [3.05, 3.63) is 0 Å². The van der Waals surface area contributed by atoms with Gasteiger partial charge in [0, 0.05) is 18.6 Å². The van der Waals surface area contributed by atoms with E-state index in [4.69, 9.17) is 0 Å². The zero-order valence-corrected chi connectivity index (χ0v) is 12.0. The zero-order chi connectivity index (χ0) is 13.0. The molecule has 18 heavy (non-hydrogen) atoms. The molecule has 3 nitrogen and oxygen atoms in total. The highest BCUT2D eigenvalue weighted by atomic mass is 16.2. The summed E-state index contributed by atoms with van der Waals surface area (Å²) in [6.45, 7) is 5.81. The van der Waals surface area contributed by atoms with Gasteiger partial charge in [0.1, 0.15) is 0 Å². The third kappa shape index (κ3) is 3.25. The van der Waals surface area contributed by atoms with Gasteiger partial charge in [-0.15, -0.1) is 0 Å². The molecule has 0 radical (unpaired) electrons. The zero-order valence-electron chi connectivity index (χ0n) is 12.0. The average Bonchev–Trinajstić information content (AvgIpc) is 2.43. The van der Waals surface area contributed by atoms with E-state index >= 15 is 0 Å². The smallest absolute Gasteiger partial charge is 0.236 e. The fourth-order valence-electron chi connectivity index (χ4n) is 3.44. The second kappa shape index (κ2) is 6.55. The topological polar surface area (TPSA) is 32.3 Å². The number of rotatable bonds is 4. The second-order valence-corrected chi connectivity index (χ2v) is 6.03. The minimum atomic E-state index is 0.326. The van der Waals surface area contributed by atoms with E-state index in [1.54, 1.807) is 0 Å². The van der Waals surface area contributed by atoms with Gasteiger partial charge < -0.3 is 10.2 Å². The first-order valence-electron chi connectivity index (χ1n) is 7.75. The Morgan fingerprint density at radius 2 is 2.00 bits per heavy atom. The molecule has 1 saturated heterocycles. The van der Waals surface area contributed by atoms with E-state index in [0.717, 1.165) is 18.9 Å². The van der Waals surface area contributed by atoms with Gasteiger partial charge in [-0.3, -0.25) is 4.79 Å². The van der Waals surface area contributed by atoms with Gasteiger partial charge in [0.05, 0.1) is 6.54 Å². The lowest BCUT2D eigenvalue weighted by molar-refractivity contribution is -0.136. The van der Waals surface area contributed by atoms with Gasteiger partial charge in [-0.25, -0.2) is 0 Å². The van der Waals surface area contributed by atoms with Gasteiger partial charge in [0.15, 0.2) is 0 Å². The van der Waals surface area contributed by atoms with Crippen molar-refractivity contribution in [2.24, 2.45) is 5.92 Å². The normalized spacial score (nSPS) is 29.8. The number of nitrogens with zero attached hydrogens (tertiary/aromatic N) is 1. The van der Waals surface area contributed by atoms with E-state index in [-0.39, 0.29) is 0 Å². The van der Waals surface area contributed by atoms with Crippen LogP contribution in [0.4, 0.5) is 0 Å². The summed E-state index contributed by atoms with van der Waals surface area (Å²) in [4.78, 5) is 14.5. The lowest BCUT2D eigenvalue weighted by Gasteiger charge is -2.44. The Labute approximate surface area is 111 Å². The molecular weight excluding hydrogens is 224 g/mol. The summed E-state index contributed by atoms with van der Waals surface area (Å²) >= 11 is 0. The summed E-state index contributed by atoms with van der Waals surface area (Å²) < 4.78 is 0. The molecule has 3 atom stereocenters.